The van der Waals surface area contributed by atoms with Gasteiger partial charge in [0.15, 0.2) is 0 Å². The predicted octanol–water partition coefficient (Wildman–Crippen LogP) is 2.96. The molecule has 124 valence electrons. The largest absolute Gasteiger partial charge is 0.381 e. The zero-order valence-corrected chi connectivity index (χ0v) is 9.67. The summed E-state index contributed by atoms with van der Waals surface area (Å²) in [6, 6.07) is 0. The lowest BCUT2D eigenvalue weighted by atomic mass is 10.00. The molecule has 2 aliphatic rings. The fourth-order valence-electron chi connectivity index (χ4n) is 2.11. The zero-order chi connectivity index (χ0) is 16.5. The third-order valence-electron chi connectivity index (χ3n) is 3.31. The second kappa shape index (κ2) is 4.15. The van der Waals surface area contributed by atoms with E-state index in [-0.39, 0.29) is 0 Å². The number of hydrogen-bond acceptors (Lipinski definition) is 2. The van der Waals surface area contributed by atoms with Gasteiger partial charge in [0.2, 0.25) is 18.1 Å². The van der Waals surface area contributed by atoms with Gasteiger partial charge in [-0.1, -0.05) is 0 Å². The van der Waals surface area contributed by atoms with Crippen LogP contribution in [0.5, 0.6) is 0 Å². The van der Waals surface area contributed by atoms with Crippen molar-refractivity contribution in [1.82, 2.24) is 0 Å². The van der Waals surface area contributed by atoms with Crippen molar-refractivity contribution < 1.29 is 53.4 Å². The van der Waals surface area contributed by atoms with E-state index in [4.69, 9.17) is 0 Å². The number of rotatable bonds is 0. The molecule has 21 heavy (non-hydrogen) atoms. The molecule has 2 fully saturated rings. The van der Waals surface area contributed by atoms with Crippen LogP contribution in [0.1, 0.15) is 0 Å². The molecule has 1 saturated carbocycles. The molecule has 0 N–H and O–H groups in total. The minimum atomic E-state index is -6.87. The Balaban J connectivity index is 2.73. The molecule has 1 aliphatic heterocycles. The molecule has 0 aromatic rings. The Kier molecular flexibility index (Phi) is 3.28. The molecule has 1 heterocycles. The van der Waals surface area contributed by atoms with E-state index in [9.17, 15) is 43.9 Å². The van der Waals surface area contributed by atoms with Crippen LogP contribution >= 0.6 is 0 Å². The van der Waals surface area contributed by atoms with Crippen molar-refractivity contribution >= 4 is 0 Å². The van der Waals surface area contributed by atoms with Crippen LogP contribution in [-0.4, -0.2) is 55.0 Å². The SMILES string of the molecule is FC1C2(OCCO2)C(F)C(F)(F)C(F)(F)C(F)(F)C1(F)F. The van der Waals surface area contributed by atoms with E-state index in [2.05, 4.69) is 9.47 Å². The second-order valence-corrected chi connectivity index (χ2v) is 4.54. The van der Waals surface area contributed by atoms with Crippen LogP contribution in [0.3, 0.4) is 0 Å². The summed E-state index contributed by atoms with van der Waals surface area (Å²) >= 11 is 0. The van der Waals surface area contributed by atoms with Gasteiger partial charge in [-0.25, -0.2) is 8.78 Å². The lowest BCUT2D eigenvalue weighted by Gasteiger charge is -2.35. The molecule has 0 amide bonds. The van der Waals surface area contributed by atoms with Crippen LogP contribution in [-0.2, 0) is 9.47 Å². The van der Waals surface area contributed by atoms with Crippen LogP contribution in [0, 0.1) is 0 Å². The van der Waals surface area contributed by atoms with Gasteiger partial charge in [-0.2, -0.15) is 35.1 Å². The summed E-state index contributed by atoms with van der Waals surface area (Å²) in [6.07, 6.45) is -9.14. The molecule has 2 nitrogen and oxygen atoms in total. The van der Waals surface area contributed by atoms with E-state index in [0.29, 0.717) is 0 Å². The van der Waals surface area contributed by atoms with Gasteiger partial charge in [0.1, 0.15) is 0 Å². The molecule has 12 heteroatoms. The van der Waals surface area contributed by atoms with Gasteiger partial charge in [0.25, 0.3) is 0 Å². The van der Waals surface area contributed by atoms with E-state index in [1.54, 1.807) is 0 Å². The molecule has 2 atom stereocenters. The molecular formula is C9H6F10O2. The number of ether oxygens (including phenoxy) is 2. The molecule has 2 rings (SSSR count). The number of halogens is 10. The highest BCUT2D eigenvalue weighted by Gasteiger charge is 2.91. The molecule has 1 spiro atoms. The fourth-order valence-corrected chi connectivity index (χ4v) is 2.11. The Morgan fingerprint density at radius 3 is 1.19 bits per heavy atom. The van der Waals surface area contributed by atoms with Crippen LogP contribution < -0.4 is 0 Å². The van der Waals surface area contributed by atoms with E-state index in [1.165, 1.54) is 0 Å². The summed E-state index contributed by atoms with van der Waals surface area (Å²) in [4.78, 5) is 0. The van der Waals surface area contributed by atoms with Crippen LogP contribution in [0.2, 0.25) is 0 Å². The Hall–Kier alpha value is -0.780. The highest BCUT2D eigenvalue weighted by atomic mass is 19.4. The van der Waals surface area contributed by atoms with Gasteiger partial charge in [-0.3, -0.25) is 0 Å². The van der Waals surface area contributed by atoms with Gasteiger partial charge in [-0.05, 0) is 0 Å². The van der Waals surface area contributed by atoms with E-state index in [1.807, 2.05) is 0 Å². The van der Waals surface area contributed by atoms with Crippen molar-refractivity contribution in [3.05, 3.63) is 0 Å². The molecule has 1 aliphatic carbocycles. The lowest BCUT2D eigenvalue weighted by Crippen LogP contribution is -2.63. The third kappa shape index (κ3) is 1.63. The van der Waals surface area contributed by atoms with Crippen molar-refractivity contribution in [2.45, 2.75) is 41.8 Å². The van der Waals surface area contributed by atoms with Crippen LogP contribution in [0.15, 0.2) is 0 Å². The average Bonchev–Trinajstić information content (AvgIpc) is 2.85. The molecule has 0 aromatic heterocycles. The monoisotopic (exact) mass is 336 g/mol. The topological polar surface area (TPSA) is 18.5 Å². The summed E-state index contributed by atoms with van der Waals surface area (Å²) in [6.45, 7) is -1.83. The van der Waals surface area contributed by atoms with Crippen molar-refractivity contribution in [3.8, 4) is 0 Å². The van der Waals surface area contributed by atoms with Gasteiger partial charge in [0.05, 0.1) is 13.2 Å². The average molecular weight is 336 g/mol. The Morgan fingerprint density at radius 2 is 0.905 bits per heavy atom. The summed E-state index contributed by atoms with van der Waals surface area (Å²) < 4.78 is 141. The number of alkyl halides is 10. The first-order valence-corrected chi connectivity index (χ1v) is 5.34. The minimum Gasteiger partial charge on any atom is -0.342 e. The maximum absolute atomic E-state index is 13.6. The zero-order valence-electron chi connectivity index (χ0n) is 9.67. The third-order valence-corrected chi connectivity index (χ3v) is 3.31. The maximum Gasteiger partial charge on any atom is 0.381 e. The molecular weight excluding hydrogens is 330 g/mol. The summed E-state index contributed by atoms with van der Waals surface area (Å²) in [5.74, 6) is -30.7. The molecule has 0 bridgehead atoms. The minimum absolute atomic E-state index is 0.913. The Morgan fingerprint density at radius 1 is 0.619 bits per heavy atom. The van der Waals surface area contributed by atoms with E-state index >= 15 is 0 Å². The van der Waals surface area contributed by atoms with Crippen molar-refractivity contribution in [1.29, 1.82) is 0 Å². The first-order valence-electron chi connectivity index (χ1n) is 5.34. The quantitative estimate of drug-likeness (QED) is 0.634. The van der Waals surface area contributed by atoms with E-state index < -0.39 is 55.0 Å². The smallest absolute Gasteiger partial charge is 0.342 e. The maximum atomic E-state index is 13.6. The standard InChI is InChI=1S/C9H6F10O2/c10-3-5(20-1-2-21-5)4(11)7(14,15)9(18,19)8(16,17)6(3,12)13/h3-4H,1-2H2. The first kappa shape index (κ1) is 16.6. The highest BCUT2D eigenvalue weighted by Crippen LogP contribution is 2.62. The molecule has 1 saturated heterocycles. The normalized spacial score (nSPS) is 39.1. The van der Waals surface area contributed by atoms with Gasteiger partial charge in [0, 0.05) is 0 Å². The second-order valence-electron chi connectivity index (χ2n) is 4.54. The van der Waals surface area contributed by atoms with Crippen molar-refractivity contribution in [2.75, 3.05) is 13.2 Å². The lowest BCUT2D eigenvalue weighted by molar-refractivity contribution is -0.369. The number of hydrogen-bond donors (Lipinski definition) is 0. The summed E-state index contributed by atoms with van der Waals surface area (Å²) in [5, 5.41) is 0. The van der Waals surface area contributed by atoms with Gasteiger partial charge in [-0.15, -0.1) is 0 Å². The molecule has 0 radical (unpaired) electrons. The summed E-state index contributed by atoms with van der Waals surface area (Å²) in [5.41, 5.74) is 0. The predicted molar refractivity (Wildman–Crippen MR) is 44.2 cm³/mol. The Bertz CT molecular complexity index is 396. The fraction of sp³-hybridized carbons (Fsp3) is 1.00. The van der Waals surface area contributed by atoms with Crippen LogP contribution in [0.4, 0.5) is 43.9 Å². The van der Waals surface area contributed by atoms with Crippen molar-refractivity contribution in [2.24, 2.45) is 0 Å². The Labute approximate surface area is 110 Å². The molecule has 0 aromatic carbocycles. The molecule has 2 unspecified atom stereocenters. The van der Waals surface area contributed by atoms with Gasteiger partial charge < -0.3 is 9.47 Å². The van der Waals surface area contributed by atoms with Gasteiger partial charge >= 0.3 is 23.7 Å². The first-order chi connectivity index (χ1) is 9.27. The van der Waals surface area contributed by atoms with E-state index in [0.717, 1.165) is 0 Å². The van der Waals surface area contributed by atoms with Crippen LogP contribution in [0.25, 0.3) is 0 Å². The summed E-state index contributed by atoms with van der Waals surface area (Å²) in [7, 11) is 0. The highest BCUT2D eigenvalue weighted by molar-refractivity contribution is 5.18. The van der Waals surface area contributed by atoms with Crippen molar-refractivity contribution in [3.63, 3.8) is 0 Å².